The van der Waals surface area contributed by atoms with Gasteiger partial charge in [-0.05, 0) is 62.2 Å². The van der Waals surface area contributed by atoms with Crippen molar-refractivity contribution in [1.29, 1.82) is 0 Å². The first kappa shape index (κ1) is 23.7. The minimum Gasteiger partial charge on any atom is -0.494 e. The minimum absolute atomic E-state index is 0.0700. The molecule has 0 aliphatic carbocycles. The van der Waals surface area contributed by atoms with Crippen molar-refractivity contribution in [2.24, 2.45) is 0 Å². The van der Waals surface area contributed by atoms with E-state index >= 15 is 0 Å². The van der Waals surface area contributed by atoms with Crippen molar-refractivity contribution in [3.05, 3.63) is 54.1 Å². The summed E-state index contributed by atoms with van der Waals surface area (Å²) < 4.78 is 11.4. The SMILES string of the molecule is CCCCCCCOc1ccc(NC(=O)CNCc2ccc(OC(C)C)cc2)cc1. The van der Waals surface area contributed by atoms with Crippen LogP contribution in [-0.4, -0.2) is 25.2 Å². The zero-order valence-electron chi connectivity index (χ0n) is 18.6. The van der Waals surface area contributed by atoms with Crippen LogP contribution in [0.3, 0.4) is 0 Å². The molecule has 0 heterocycles. The molecule has 5 nitrogen and oxygen atoms in total. The zero-order valence-corrected chi connectivity index (χ0v) is 18.6. The van der Waals surface area contributed by atoms with Gasteiger partial charge in [0.1, 0.15) is 11.5 Å². The number of amides is 1. The Morgan fingerprint density at radius 2 is 1.57 bits per heavy atom. The van der Waals surface area contributed by atoms with Crippen LogP contribution >= 0.6 is 0 Å². The molecule has 0 saturated carbocycles. The fraction of sp³-hybridized carbons (Fsp3) is 0.480. The van der Waals surface area contributed by atoms with E-state index in [1.807, 2.05) is 62.4 Å². The van der Waals surface area contributed by atoms with Crippen molar-refractivity contribution in [3.63, 3.8) is 0 Å². The summed E-state index contributed by atoms with van der Waals surface area (Å²) in [5.74, 6) is 1.63. The summed E-state index contributed by atoms with van der Waals surface area (Å²) in [6.45, 7) is 7.84. The van der Waals surface area contributed by atoms with E-state index in [-0.39, 0.29) is 18.6 Å². The summed E-state index contributed by atoms with van der Waals surface area (Å²) in [5.41, 5.74) is 1.88. The first-order chi connectivity index (χ1) is 14.6. The van der Waals surface area contributed by atoms with Crippen molar-refractivity contribution in [3.8, 4) is 11.5 Å². The van der Waals surface area contributed by atoms with Gasteiger partial charge in [0.15, 0.2) is 0 Å². The highest BCUT2D eigenvalue weighted by Crippen LogP contribution is 2.16. The lowest BCUT2D eigenvalue weighted by molar-refractivity contribution is -0.115. The number of nitrogens with one attached hydrogen (secondary N) is 2. The van der Waals surface area contributed by atoms with Gasteiger partial charge in [0, 0.05) is 12.2 Å². The highest BCUT2D eigenvalue weighted by Gasteiger charge is 2.04. The predicted octanol–water partition coefficient (Wildman–Crippen LogP) is 5.55. The third-order valence-electron chi connectivity index (χ3n) is 4.56. The molecule has 0 unspecified atom stereocenters. The number of unbranched alkanes of at least 4 members (excludes halogenated alkanes) is 4. The Balaban J connectivity index is 1.63. The third-order valence-corrected chi connectivity index (χ3v) is 4.56. The largest absolute Gasteiger partial charge is 0.494 e. The smallest absolute Gasteiger partial charge is 0.238 e. The maximum atomic E-state index is 12.1. The highest BCUT2D eigenvalue weighted by molar-refractivity contribution is 5.92. The summed E-state index contributed by atoms with van der Waals surface area (Å²) in [4.78, 5) is 12.1. The first-order valence-corrected chi connectivity index (χ1v) is 11.1. The molecule has 30 heavy (non-hydrogen) atoms. The van der Waals surface area contributed by atoms with Crippen LogP contribution in [0.5, 0.6) is 11.5 Å². The lowest BCUT2D eigenvalue weighted by atomic mass is 10.2. The Kier molecular flexibility index (Phi) is 10.8. The molecule has 164 valence electrons. The topological polar surface area (TPSA) is 59.6 Å². The summed E-state index contributed by atoms with van der Waals surface area (Å²) in [6.07, 6.45) is 6.28. The Labute approximate surface area is 181 Å². The monoisotopic (exact) mass is 412 g/mol. The molecule has 0 saturated heterocycles. The van der Waals surface area contributed by atoms with Gasteiger partial charge >= 0.3 is 0 Å². The Hall–Kier alpha value is -2.53. The van der Waals surface area contributed by atoms with Gasteiger partial charge in [-0.15, -0.1) is 0 Å². The van der Waals surface area contributed by atoms with Crippen molar-refractivity contribution in [1.82, 2.24) is 5.32 Å². The molecule has 2 aromatic rings. The van der Waals surface area contributed by atoms with Gasteiger partial charge in [-0.3, -0.25) is 4.79 Å². The molecule has 0 aromatic heterocycles. The van der Waals surface area contributed by atoms with Crippen LogP contribution in [0.1, 0.15) is 58.4 Å². The molecule has 0 aliphatic heterocycles. The number of hydrogen-bond acceptors (Lipinski definition) is 4. The van der Waals surface area contributed by atoms with E-state index < -0.39 is 0 Å². The summed E-state index contributed by atoms with van der Waals surface area (Å²) in [7, 11) is 0. The van der Waals surface area contributed by atoms with Gasteiger partial charge in [0.2, 0.25) is 5.91 Å². The average molecular weight is 413 g/mol. The fourth-order valence-electron chi connectivity index (χ4n) is 3.01. The van der Waals surface area contributed by atoms with Crippen LogP contribution < -0.4 is 20.1 Å². The van der Waals surface area contributed by atoms with Gasteiger partial charge in [-0.25, -0.2) is 0 Å². The molecule has 1 amide bonds. The molecule has 5 heteroatoms. The number of benzene rings is 2. The van der Waals surface area contributed by atoms with E-state index in [2.05, 4.69) is 17.6 Å². The fourth-order valence-corrected chi connectivity index (χ4v) is 3.01. The molecular formula is C25H36N2O3. The summed E-state index contributed by atoms with van der Waals surface area (Å²) in [6, 6.07) is 15.5. The van der Waals surface area contributed by atoms with Crippen LogP contribution in [-0.2, 0) is 11.3 Å². The normalized spacial score (nSPS) is 10.8. The number of hydrogen-bond donors (Lipinski definition) is 2. The molecule has 0 radical (unpaired) electrons. The van der Waals surface area contributed by atoms with E-state index in [9.17, 15) is 4.79 Å². The van der Waals surface area contributed by atoms with Crippen LogP contribution in [0.25, 0.3) is 0 Å². The first-order valence-electron chi connectivity index (χ1n) is 11.1. The predicted molar refractivity (Wildman–Crippen MR) is 123 cm³/mol. The van der Waals surface area contributed by atoms with Gasteiger partial charge in [-0.1, -0.05) is 44.7 Å². The van der Waals surface area contributed by atoms with Crippen molar-refractivity contribution >= 4 is 11.6 Å². The van der Waals surface area contributed by atoms with Crippen molar-refractivity contribution < 1.29 is 14.3 Å². The molecule has 0 atom stereocenters. The van der Waals surface area contributed by atoms with Crippen molar-refractivity contribution in [2.75, 3.05) is 18.5 Å². The van der Waals surface area contributed by atoms with E-state index in [1.165, 1.54) is 25.7 Å². The molecule has 0 fully saturated rings. The number of ether oxygens (including phenoxy) is 2. The number of carbonyl (C=O) groups is 1. The second-order valence-corrected chi connectivity index (χ2v) is 7.75. The molecule has 0 bridgehead atoms. The van der Waals surface area contributed by atoms with E-state index in [1.54, 1.807) is 0 Å². The maximum Gasteiger partial charge on any atom is 0.238 e. The second kappa shape index (κ2) is 13.6. The van der Waals surface area contributed by atoms with E-state index in [0.717, 1.165) is 35.8 Å². The summed E-state index contributed by atoms with van der Waals surface area (Å²) in [5, 5.41) is 6.06. The molecule has 2 aromatic carbocycles. The van der Waals surface area contributed by atoms with E-state index in [0.29, 0.717) is 6.54 Å². The zero-order chi connectivity index (χ0) is 21.6. The molecule has 2 N–H and O–H groups in total. The van der Waals surface area contributed by atoms with Crippen LogP contribution in [0.2, 0.25) is 0 Å². The van der Waals surface area contributed by atoms with Crippen LogP contribution in [0, 0.1) is 0 Å². The number of rotatable bonds is 14. The van der Waals surface area contributed by atoms with Crippen LogP contribution in [0.15, 0.2) is 48.5 Å². The molecular weight excluding hydrogens is 376 g/mol. The molecule has 0 spiro atoms. The van der Waals surface area contributed by atoms with Gasteiger partial charge in [-0.2, -0.15) is 0 Å². The lowest BCUT2D eigenvalue weighted by Gasteiger charge is -2.11. The minimum atomic E-state index is -0.0700. The average Bonchev–Trinajstić information content (AvgIpc) is 2.73. The molecule has 0 aliphatic rings. The van der Waals surface area contributed by atoms with Gasteiger partial charge in [0.05, 0.1) is 19.3 Å². The second-order valence-electron chi connectivity index (χ2n) is 7.75. The highest BCUT2D eigenvalue weighted by atomic mass is 16.5. The van der Waals surface area contributed by atoms with E-state index in [4.69, 9.17) is 9.47 Å². The quantitative estimate of drug-likeness (QED) is 0.399. The lowest BCUT2D eigenvalue weighted by Crippen LogP contribution is -2.27. The number of carbonyl (C=O) groups excluding carboxylic acids is 1. The van der Waals surface area contributed by atoms with Crippen LogP contribution in [0.4, 0.5) is 5.69 Å². The Bertz CT molecular complexity index is 727. The summed E-state index contributed by atoms with van der Waals surface area (Å²) >= 11 is 0. The standard InChI is InChI=1S/C25H36N2O3/c1-4-5-6-7-8-17-29-23-15-11-22(12-16-23)27-25(28)19-26-18-21-9-13-24(14-10-21)30-20(2)3/h9-16,20,26H,4-8,17-19H2,1-3H3,(H,27,28). The van der Waals surface area contributed by atoms with Gasteiger partial charge in [0.25, 0.3) is 0 Å². The Morgan fingerprint density at radius 3 is 2.23 bits per heavy atom. The Morgan fingerprint density at radius 1 is 0.900 bits per heavy atom. The maximum absolute atomic E-state index is 12.1. The van der Waals surface area contributed by atoms with Crippen molar-refractivity contribution in [2.45, 2.75) is 65.5 Å². The van der Waals surface area contributed by atoms with Gasteiger partial charge < -0.3 is 20.1 Å². The third kappa shape index (κ3) is 9.79. The molecule has 2 rings (SSSR count). The number of anilines is 1.